The number of carbonyl (C=O) groups excluding carboxylic acids is 1. The molecule has 104 valence electrons. The summed E-state index contributed by atoms with van der Waals surface area (Å²) in [6, 6.07) is 5.89. The van der Waals surface area contributed by atoms with Gasteiger partial charge in [0.05, 0.1) is 5.56 Å². The lowest BCUT2D eigenvalue weighted by Crippen LogP contribution is -2.45. The molecule has 0 aliphatic carbocycles. The number of anilines is 2. The highest BCUT2D eigenvalue weighted by atomic mass is 16.1. The van der Waals surface area contributed by atoms with Crippen molar-refractivity contribution in [2.75, 3.05) is 37.8 Å². The Kier molecular flexibility index (Phi) is 3.95. The minimum atomic E-state index is -0.422. The molecule has 1 aliphatic rings. The molecule has 5 heteroatoms. The smallest absolute Gasteiger partial charge is 0.250 e. The van der Waals surface area contributed by atoms with Gasteiger partial charge < -0.3 is 21.3 Å². The maximum Gasteiger partial charge on any atom is 0.250 e. The second-order valence-electron chi connectivity index (χ2n) is 5.35. The van der Waals surface area contributed by atoms with Crippen LogP contribution in [0.3, 0.4) is 0 Å². The largest absolute Gasteiger partial charge is 0.399 e. The molecule has 1 saturated heterocycles. The first kappa shape index (κ1) is 13.7. The zero-order valence-corrected chi connectivity index (χ0v) is 11.6. The molecule has 19 heavy (non-hydrogen) atoms. The van der Waals surface area contributed by atoms with E-state index in [0.717, 1.165) is 25.2 Å². The van der Waals surface area contributed by atoms with Gasteiger partial charge in [0, 0.05) is 30.5 Å². The number of hydrogen-bond donors (Lipinski definition) is 2. The fraction of sp³-hybridized carbons (Fsp3) is 0.500. The Morgan fingerprint density at radius 1 is 1.42 bits per heavy atom. The molecule has 1 aromatic rings. The van der Waals surface area contributed by atoms with E-state index in [1.54, 1.807) is 6.07 Å². The Morgan fingerprint density at radius 2 is 2.16 bits per heavy atom. The summed E-state index contributed by atoms with van der Waals surface area (Å²) in [4.78, 5) is 16.0. The van der Waals surface area contributed by atoms with Crippen molar-refractivity contribution < 1.29 is 4.79 Å². The first-order valence-electron chi connectivity index (χ1n) is 6.59. The van der Waals surface area contributed by atoms with Gasteiger partial charge in [-0.3, -0.25) is 4.79 Å². The maximum atomic E-state index is 11.6. The number of likely N-dealkylation sites (N-methyl/N-ethyl adjacent to an activating group) is 1. The molecule has 1 aliphatic heterocycles. The van der Waals surface area contributed by atoms with E-state index < -0.39 is 5.91 Å². The number of nitrogens with zero attached hydrogens (tertiary/aromatic N) is 2. The van der Waals surface area contributed by atoms with Crippen LogP contribution in [0.1, 0.15) is 23.2 Å². The van der Waals surface area contributed by atoms with Gasteiger partial charge in [0.25, 0.3) is 5.91 Å². The molecule has 0 radical (unpaired) electrons. The highest BCUT2D eigenvalue weighted by molar-refractivity contribution is 5.99. The number of carbonyl (C=O) groups is 1. The highest BCUT2D eigenvalue weighted by Gasteiger charge is 2.24. The second-order valence-corrected chi connectivity index (χ2v) is 5.35. The molecular formula is C14H22N4O. The molecule has 1 heterocycles. The van der Waals surface area contributed by atoms with E-state index >= 15 is 0 Å². The van der Waals surface area contributed by atoms with Crippen LogP contribution in [0.5, 0.6) is 0 Å². The molecule has 5 nitrogen and oxygen atoms in total. The van der Waals surface area contributed by atoms with Crippen LogP contribution in [0.15, 0.2) is 18.2 Å². The van der Waals surface area contributed by atoms with Crippen molar-refractivity contribution in [3.05, 3.63) is 23.8 Å². The number of piperidine rings is 1. The molecule has 0 bridgehead atoms. The quantitative estimate of drug-likeness (QED) is 0.794. The Morgan fingerprint density at radius 3 is 2.79 bits per heavy atom. The number of primary amides is 1. The van der Waals surface area contributed by atoms with E-state index in [0.29, 0.717) is 17.3 Å². The van der Waals surface area contributed by atoms with Crippen molar-refractivity contribution in [2.24, 2.45) is 5.73 Å². The molecule has 0 saturated carbocycles. The van der Waals surface area contributed by atoms with Crippen molar-refractivity contribution in [1.82, 2.24) is 4.90 Å². The lowest BCUT2D eigenvalue weighted by molar-refractivity contribution is 0.100. The van der Waals surface area contributed by atoms with Gasteiger partial charge >= 0.3 is 0 Å². The topological polar surface area (TPSA) is 75.6 Å². The third-order valence-electron chi connectivity index (χ3n) is 3.75. The summed E-state index contributed by atoms with van der Waals surface area (Å²) in [5, 5.41) is 0. The zero-order valence-electron chi connectivity index (χ0n) is 11.6. The summed E-state index contributed by atoms with van der Waals surface area (Å²) >= 11 is 0. The number of nitrogen functional groups attached to an aromatic ring is 1. The van der Waals surface area contributed by atoms with E-state index in [4.69, 9.17) is 11.5 Å². The summed E-state index contributed by atoms with van der Waals surface area (Å²) in [6.45, 7) is 1.87. The number of rotatable bonds is 3. The van der Waals surface area contributed by atoms with Gasteiger partial charge in [-0.05, 0) is 45.1 Å². The number of hydrogen-bond acceptors (Lipinski definition) is 4. The van der Waals surface area contributed by atoms with Crippen LogP contribution in [0.25, 0.3) is 0 Å². The fourth-order valence-electron chi connectivity index (χ4n) is 2.62. The summed E-state index contributed by atoms with van der Waals surface area (Å²) in [6.07, 6.45) is 2.30. The monoisotopic (exact) mass is 262 g/mol. The second kappa shape index (κ2) is 5.48. The normalized spacial score (nSPS) is 19.7. The number of amides is 1. The molecule has 1 aromatic carbocycles. The summed E-state index contributed by atoms with van der Waals surface area (Å²) in [7, 11) is 4.18. The Balaban J connectivity index is 2.28. The maximum absolute atomic E-state index is 11.6. The third kappa shape index (κ3) is 2.98. The van der Waals surface area contributed by atoms with E-state index in [-0.39, 0.29) is 0 Å². The number of benzene rings is 1. The van der Waals surface area contributed by atoms with Crippen molar-refractivity contribution in [1.29, 1.82) is 0 Å². The molecule has 4 N–H and O–H groups in total. The first-order valence-corrected chi connectivity index (χ1v) is 6.59. The lowest BCUT2D eigenvalue weighted by atomic mass is 10.0. The van der Waals surface area contributed by atoms with Crippen LogP contribution < -0.4 is 16.4 Å². The van der Waals surface area contributed by atoms with E-state index in [1.807, 2.05) is 12.1 Å². The Labute approximate surface area is 114 Å². The molecule has 1 unspecified atom stereocenters. The van der Waals surface area contributed by atoms with Crippen LogP contribution in [0, 0.1) is 0 Å². The summed E-state index contributed by atoms with van der Waals surface area (Å²) in [5.41, 5.74) is 13.2. The van der Waals surface area contributed by atoms with E-state index in [9.17, 15) is 4.79 Å². The van der Waals surface area contributed by atoms with Gasteiger partial charge in [0.15, 0.2) is 0 Å². The molecule has 0 aromatic heterocycles. The van der Waals surface area contributed by atoms with Crippen LogP contribution in [0.2, 0.25) is 0 Å². The van der Waals surface area contributed by atoms with E-state index in [1.165, 1.54) is 6.42 Å². The van der Waals surface area contributed by atoms with Crippen molar-refractivity contribution in [2.45, 2.75) is 18.9 Å². The average molecular weight is 262 g/mol. The highest BCUT2D eigenvalue weighted by Crippen LogP contribution is 2.26. The van der Waals surface area contributed by atoms with Gasteiger partial charge in [-0.15, -0.1) is 0 Å². The predicted molar refractivity (Wildman–Crippen MR) is 78.3 cm³/mol. The minimum Gasteiger partial charge on any atom is -0.399 e. The molecular weight excluding hydrogens is 240 g/mol. The SMILES string of the molecule is CN(C)C1CCCN(c2ccc(N)cc2C(N)=O)C1. The van der Waals surface area contributed by atoms with Crippen molar-refractivity contribution in [3.63, 3.8) is 0 Å². The van der Waals surface area contributed by atoms with Gasteiger partial charge in [-0.1, -0.05) is 0 Å². The minimum absolute atomic E-state index is 0.422. The third-order valence-corrected chi connectivity index (χ3v) is 3.75. The number of nitrogens with two attached hydrogens (primary N) is 2. The molecule has 2 rings (SSSR count). The summed E-state index contributed by atoms with van der Waals surface area (Å²) < 4.78 is 0. The van der Waals surface area contributed by atoms with Crippen LogP contribution >= 0.6 is 0 Å². The first-order chi connectivity index (χ1) is 8.99. The zero-order chi connectivity index (χ0) is 14.0. The van der Waals surface area contributed by atoms with E-state index in [2.05, 4.69) is 23.9 Å². The van der Waals surface area contributed by atoms with Crippen LogP contribution in [0.4, 0.5) is 11.4 Å². The van der Waals surface area contributed by atoms with Gasteiger partial charge in [0.1, 0.15) is 0 Å². The summed E-state index contributed by atoms with van der Waals surface area (Å²) in [5.74, 6) is -0.422. The standard InChI is InChI=1S/C14H22N4O/c1-17(2)11-4-3-7-18(9-11)13-6-5-10(15)8-12(13)14(16)19/h5-6,8,11H,3-4,7,9,15H2,1-2H3,(H2,16,19). The Bertz CT molecular complexity index is 473. The van der Waals surface area contributed by atoms with Crippen molar-refractivity contribution in [3.8, 4) is 0 Å². The Hall–Kier alpha value is -1.75. The molecule has 0 spiro atoms. The molecule has 1 amide bonds. The average Bonchev–Trinajstić information content (AvgIpc) is 2.38. The molecule has 1 atom stereocenters. The van der Waals surface area contributed by atoms with Gasteiger partial charge in [-0.2, -0.15) is 0 Å². The van der Waals surface area contributed by atoms with Crippen molar-refractivity contribution >= 4 is 17.3 Å². The lowest BCUT2D eigenvalue weighted by Gasteiger charge is -2.38. The predicted octanol–water partition coefficient (Wildman–Crippen LogP) is 0.898. The molecule has 1 fully saturated rings. The fourth-order valence-corrected chi connectivity index (χ4v) is 2.62. The van der Waals surface area contributed by atoms with Gasteiger partial charge in [-0.25, -0.2) is 0 Å². The van der Waals surface area contributed by atoms with Gasteiger partial charge in [0.2, 0.25) is 0 Å². The van der Waals surface area contributed by atoms with Crippen LogP contribution in [-0.2, 0) is 0 Å². The van der Waals surface area contributed by atoms with Crippen LogP contribution in [-0.4, -0.2) is 44.0 Å².